The van der Waals surface area contributed by atoms with Crippen molar-refractivity contribution in [3.8, 4) is 0 Å². The van der Waals surface area contributed by atoms with Crippen LogP contribution < -0.4 is 10.2 Å². The normalized spacial score (nSPS) is 18.1. The number of hydrogen-bond acceptors (Lipinski definition) is 3. The first kappa shape index (κ1) is 17.9. The van der Waals surface area contributed by atoms with E-state index in [-0.39, 0.29) is 12.2 Å². The van der Waals surface area contributed by atoms with Gasteiger partial charge in [-0.1, -0.05) is 60.7 Å². The number of anilines is 2. The summed E-state index contributed by atoms with van der Waals surface area (Å²) in [5, 5.41) is 13.8. The molecule has 3 aromatic rings. The summed E-state index contributed by atoms with van der Waals surface area (Å²) in [7, 11) is 0. The minimum atomic E-state index is -1.88. The molecule has 0 bridgehead atoms. The molecule has 1 aliphatic rings. The maximum Gasteiger partial charge on any atom is 0.268 e. The molecule has 0 radical (unpaired) electrons. The van der Waals surface area contributed by atoms with Crippen molar-refractivity contribution >= 4 is 23.2 Å². The molecule has 0 saturated heterocycles. The van der Waals surface area contributed by atoms with Gasteiger partial charge >= 0.3 is 0 Å². The van der Waals surface area contributed by atoms with E-state index in [9.17, 15) is 19.1 Å². The summed E-state index contributed by atoms with van der Waals surface area (Å²) >= 11 is 0. The lowest BCUT2D eigenvalue weighted by atomic mass is 9.88. The molecule has 4 rings (SSSR count). The van der Waals surface area contributed by atoms with Crippen molar-refractivity contribution in [1.82, 2.24) is 0 Å². The first-order valence-electron chi connectivity index (χ1n) is 8.75. The summed E-state index contributed by atoms with van der Waals surface area (Å²) in [6.45, 7) is -0.348. The van der Waals surface area contributed by atoms with Gasteiger partial charge < -0.3 is 10.4 Å². The van der Waals surface area contributed by atoms with Gasteiger partial charge in [-0.2, -0.15) is 0 Å². The highest BCUT2D eigenvalue weighted by molar-refractivity contribution is 6.12. The van der Waals surface area contributed by atoms with Crippen LogP contribution in [0.1, 0.15) is 11.1 Å². The highest BCUT2D eigenvalue weighted by Gasteiger charge is 2.51. The lowest BCUT2D eigenvalue weighted by Gasteiger charge is -2.23. The number of benzene rings is 3. The fourth-order valence-corrected chi connectivity index (χ4v) is 3.45. The van der Waals surface area contributed by atoms with Gasteiger partial charge in [0.2, 0.25) is 5.91 Å². The van der Waals surface area contributed by atoms with Crippen molar-refractivity contribution in [2.45, 2.75) is 5.60 Å². The summed E-state index contributed by atoms with van der Waals surface area (Å²) in [5.74, 6) is -1.75. The van der Waals surface area contributed by atoms with E-state index in [2.05, 4.69) is 5.32 Å². The number of para-hydroxylation sites is 2. The number of aliphatic hydroxyl groups is 1. The van der Waals surface area contributed by atoms with Crippen molar-refractivity contribution < 1.29 is 19.1 Å². The lowest BCUT2D eigenvalue weighted by molar-refractivity contribution is -0.133. The van der Waals surface area contributed by atoms with Crippen LogP contribution in [-0.4, -0.2) is 23.5 Å². The molecule has 1 heterocycles. The molecule has 3 aromatic carbocycles. The fourth-order valence-electron chi connectivity index (χ4n) is 3.45. The number of nitrogens with one attached hydrogen (secondary N) is 1. The standard InChI is InChI=1S/C22H17FN2O3/c23-17-11-5-6-12-18(17)24-20(26)14-25-19-13-7-4-10-16(19)22(28,21(25)27)15-8-2-1-3-9-15/h1-13,28H,14H2,(H,24,26)/t22-/m1/s1. The van der Waals surface area contributed by atoms with Crippen molar-refractivity contribution in [3.05, 3.63) is 95.8 Å². The second-order valence-corrected chi connectivity index (χ2v) is 6.51. The van der Waals surface area contributed by atoms with E-state index in [4.69, 9.17) is 0 Å². The Bertz CT molecular complexity index is 1050. The molecular weight excluding hydrogens is 359 g/mol. The molecule has 0 aromatic heterocycles. The minimum Gasteiger partial charge on any atom is -0.372 e. The Hall–Kier alpha value is -3.51. The third-order valence-electron chi connectivity index (χ3n) is 4.78. The Kier molecular flexibility index (Phi) is 4.41. The summed E-state index contributed by atoms with van der Waals surface area (Å²) < 4.78 is 13.8. The smallest absolute Gasteiger partial charge is 0.268 e. The highest BCUT2D eigenvalue weighted by atomic mass is 19.1. The van der Waals surface area contributed by atoms with Crippen LogP contribution >= 0.6 is 0 Å². The van der Waals surface area contributed by atoms with Gasteiger partial charge in [-0.3, -0.25) is 14.5 Å². The van der Waals surface area contributed by atoms with Crippen LogP contribution in [0.15, 0.2) is 78.9 Å². The quantitative estimate of drug-likeness (QED) is 0.735. The molecule has 0 aliphatic carbocycles. The largest absolute Gasteiger partial charge is 0.372 e. The molecule has 140 valence electrons. The van der Waals surface area contributed by atoms with E-state index >= 15 is 0 Å². The van der Waals surface area contributed by atoms with Crippen LogP contribution in [0, 0.1) is 5.82 Å². The van der Waals surface area contributed by atoms with Gasteiger partial charge in [0.15, 0.2) is 5.60 Å². The van der Waals surface area contributed by atoms with E-state index in [0.717, 1.165) is 0 Å². The molecule has 1 aliphatic heterocycles. The molecule has 5 nitrogen and oxygen atoms in total. The number of fused-ring (bicyclic) bond motifs is 1. The topological polar surface area (TPSA) is 69.6 Å². The number of rotatable bonds is 4. The fraction of sp³-hybridized carbons (Fsp3) is 0.0909. The molecule has 0 spiro atoms. The first-order chi connectivity index (χ1) is 13.5. The lowest BCUT2D eigenvalue weighted by Crippen LogP contribution is -2.44. The number of carbonyl (C=O) groups excluding carboxylic acids is 2. The summed E-state index contributed by atoms with van der Waals surface area (Å²) in [6.07, 6.45) is 0. The van der Waals surface area contributed by atoms with E-state index in [1.807, 2.05) is 0 Å². The van der Waals surface area contributed by atoms with Gasteiger partial charge in [0, 0.05) is 5.56 Å². The van der Waals surface area contributed by atoms with Gasteiger partial charge in [0.25, 0.3) is 5.91 Å². The van der Waals surface area contributed by atoms with E-state index < -0.39 is 23.2 Å². The number of nitrogens with zero attached hydrogens (tertiary/aromatic N) is 1. The first-order valence-corrected chi connectivity index (χ1v) is 8.75. The van der Waals surface area contributed by atoms with Crippen molar-refractivity contribution in [3.63, 3.8) is 0 Å². The summed E-state index contributed by atoms with van der Waals surface area (Å²) in [4.78, 5) is 26.9. The molecule has 28 heavy (non-hydrogen) atoms. The maximum absolute atomic E-state index is 13.8. The Morgan fingerprint density at radius 2 is 1.61 bits per heavy atom. The van der Waals surface area contributed by atoms with Crippen molar-refractivity contribution in [1.29, 1.82) is 0 Å². The molecule has 0 fully saturated rings. The van der Waals surface area contributed by atoms with E-state index in [1.54, 1.807) is 60.7 Å². The van der Waals surface area contributed by atoms with Crippen LogP contribution in [0.2, 0.25) is 0 Å². The Balaban J connectivity index is 1.66. The molecule has 0 unspecified atom stereocenters. The van der Waals surface area contributed by atoms with Crippen LogP contribution in [-0.2, 0) is 15.2 Å². The van der Waals surface area contributed by atoms with Gasteiger partial charge in [0.05, 0.1) is 11.4 Å². The zero-order chi connectivity index (χ0) is 19.7. The third kappa shape index (κ3) is 2.84. The SMILES string of the molecule is O=C(CN1C(=O)[C@@](O)(c2ccccc2)c2ccccc21)Nc1ccccc1F. The predicted octanol–water partition coefficient (Wildman–Crippen LogP) is 3.05. The number of halogens is 1. The molecule has 2 amide bonds. The summed E-state index contributed by atoms with van der Waals surface area (Å²) in [5.41, 5.74) is -0.571. The zero-order valence-corrected chi connectivity index (χ0v) is 14.8. The van der Waals surface area contributed by atoms with Gasteiger partial charge in [0.1, 0.15) is 12.4 Å². The van der Waals surface area contributed by atoms with Gasteiger partial charge in [-0.15, -0.1) is 0 Å². The van der Waals surface area contributed by atoms with Crippen molar-refractivity contribution in [2.75, 3.05) is 16.8 Å². The average molecular weight is 376 g/mol. The maximum atomic E-state index is 13.8. The second-order valence-electron chi connectivity index (χ2n) is 6.51. The van der Waals surface area contributed by atoms with Gasteiger partial charge in [-0.05, 0) is 23.8 Å². The van der Waals surface area contributed by atoms with Crippen LogP contribution in [0.4, 0.5) is 15.8 Å². The second kappa shape index (κ2) is 6.90. The molecular formula is C22H17FN2O3. The van der Waals surface area contributed by atoms with Crippen molar-refractivity contribution in [2.24, 2.45) is 0 Å². The minimum absolute atomic E-state index is 0.0331. The average Bonchev–Trinajstić information content (AvgIpc) is 2.93. The number of carbonyl (C=O) groups is 2. The Morgan fingerprint density at radius 1 is 0.964 bits per heavy atom. The van der Waals surface area contributed by atoms with Crippen LogP contribution in [0.25, 0.3) is 0 Å². The Labute approximate surface area is 161 Å². The van der Waals surface area contributed by atoms with Gasteiger partial charge in [-0.25, -0.2) is 4.39 Å². The summed E-state index contributed by atoms with van der Waals surface area (Å²) in [6, 6.07) is 21.2. The molecule has 0 saturated carbocycles. The molecule has 6 heteroatoms. The predicted molar refractivity (Wildman–Crippen MR) is 103 cm³/mol. The molecule has 1 atom stereocenters. The highest BCUT2D eigenvalue weighted by Crippen LogP contribution is 2.44. The third-order valence-corrected chi connectivity index (χ3v) is 4.78. The number of amides is 2. The Morgan fingerprint density at radius 3 is 2.36 bits per heavy atom. The van der Waals surface area contributed by atoms with E-state index in [1.165, 1.54) is 23.1 Å². The monoisotopic (exact) mass is 376 g/mol. The van der Waals surface area contributed by atoms with E-state index in [0.29, 0.717) is 16.8 Å². The zero-order valence-electron chi connectivity index (χ0n) is 14.8. The van der Waals surface area contributed by atoms with Crippen LogP contribution in [0.5, 0.6) is 0 Å². The number of hydrogen-bond donors (Lipinski definition) is 2. The molecule has 2 N–H and O–H groups in total. The van der Waals surface area contributed by atoms with Crippen LogP contribution in [0.3, 0.4) is 0 Å².